The minimum absolute atomic E-state index is 0.0532. The van der Waals surface area contributed by atoms with Crippen LogP contribution in [0.3, 0.4) is 0 Å². The predicted molar refractivity (Wildman–Crippen MR) is 81.2 cm³/mol. The second-order valence-electron chi connectivity index (χ2n) is 6.15. The fraction of sp³-hybridized carbons (Fsp3) is 0.529. The zero-order chi connectivity index (χ0) is 14.8. The Morgan fingerprint density at radius 1 is 1.19 bits per heavy atom. The van der Waals surface area contributed by atoms with Crippen molar-refractivity contribution < 1.29 is 9.59 Å². The third-order valence-corrected chi connectivity index (χ3v) is 4.56. The first-order valence-electron chi connectivity index (χ1n) is 7.82. The van der Waals surface area contributed by atoms with E-state index in [0.717, 1.165) is 31.4 Å². The molecule has 0 spiro atoms. The maximum absolute atomic E-state index is 12.2. The summed E-state index contributed by atoms with van der Waals surface area (Å²) in [7, 11) is 0. The summed E-state index contributed by atoms with van der Waals surface area (Å²) in [5.74, 6) is 0.124. The van der Waals surface area contributed by atoms with Crippen molar-refractivity contribution in [3.63, 3.8) is 0 Å². The van der Waals surface area contributed by atoms with Gasteiger partial charge in [-0.3, -0.25) is 9.59 Å². The van der Waals surface area contributed by atoms with Crippen molar-refractivity contribution in [3.8, 4) is 0 Å². The van der Waals surface area contributed by atoms with Crippen LogP contribution in [0, 0.1) is 0 Å². The summed E-state index contributed by atoms with van der Waals surface area (Å²) in [6.07, 6.45) is 4.83. The van der Waals surface area contributed by atoms with Crippen LogP contribution in [0.15, 0.2) is 18.2 Å². The Hall–Kier alpha value is -1.68. The normalized spacial score (nSPS) is 20.6. The van der Waals surface area contributed by atoms with Crippen molar-refractivity contribution >= 4 is 11.7 Å². The van der Waals surface area contributed by atoms with Gasteiger partial charge in [-0.05, 0) is 42.9 Å². The highest BCUT2D eigenvalue weighted by molar-refractivity contribution is 5.98. The Morgan fingerprint density at radius 3 is 2.76 bits per heavy atom. The molecule has 1 aromatic carbocycles. The van der Waals surface area contributed by atoms with E-state index in [-0.39, 0.29) is 17.7 Å². The van der Waals surface area contributed by atoms with Crippen LogP contribution in [0.5, 0.6) is 0 Å². The number of Topliss-reactive ketones (excluding diaryl/α,β-unsaturated/α-hetero) is 1. The van der Waals surface area contributed by atoms with E-state index in [2.05, 4.69) is 6.07 Å². The number of fused-ring (bicyclic) bond motifs is 1. The van der Waals surface area contributed by atoms with Crippen molar-refractivity contribution in [3.05, 3.63) is 34.9 Å². The van der Waals surface area contributed by atoms with Gasteiger partial charge in [-0.25, -0.2) is 0 Å². The molecule has 0 bridgehead atoms. The maximum Gasteiger partial charge on any atom is 0.223 e. The van der Waals surface area contributed by atoms with Crippen molar-refractivity contribution in [2.75, 3.05) is 13.1 Å². The van der Waals surface area contributed by atoms with Crippen LogP contribution < -0.4 is 5.73 Å². The van der Waals surface area contributed by atoms with Gasteiger partial charge in [0.25, 0.3) is 0 Å². The maximum atomic E-state index is 12.2. The smallest absolute Gasteiger partial charge is 0.223 e. The minimum atomic E-state index is 0.0532. The van der Waals surface area contributed by atoms with E-state index in [4.69, 9.17) is 5.73 Å². The Bertz CT molecular complexity index is 568. The molecule has 1 aliphatic heterocycles. The summed E-state index contributed by atoms with van der Waals surface area (Å²) >= 11 is 0. The lowest BCUT2D eigenvalue weighted by Gasteiger charge is -2.15. The molecule has 1 saturated heterocycles. The number of rotatable bonds is 4. The number of hydrogen-bond donors (Lipinski definition) is 1. The van der Waals surface area contributed by atoms with Gasteiger partial charge in [0.2, 0.25) is 5.91 Å². The molecule has 1 aliphatic carbocycles. The predicted octanol–water partition coefficient (Wildman–Crippen LogP) is 1.70. The number of carbonyl (C=O) groups is 2. The molecule has 3 rings (SSSR count). The minimum Gasteiger partial charge on any atom is -0.341 e. The van der Waals surface area contributed by atoms with Gasteiger partial charge in [-0.1, -0.05) is 12.1 Å². The molecule has 4 nitrogen and oxygen atoms in total. The topological polar surface area (TPSA) is 63.4 Å². The molecule has 0 unspecified atom stereocenters. The molecule has 1 amide bonds. The van der Waals surface area contributed by atoms with Crippen LogP contribution in [0.25, 0.3) is 0 Å². The van der Waals surface area contributed by atoms with Gasteiger partial charge in [0.1, 0.15) is 0 Å². The van der Waals surface area contributed by atoms with Crippen LogP contribution in [-0.2, 0) is 17.6 Å². The van der Waals surface area contributed by atoms with Gasteiger partial charge in [0.15, 0.2) is 5.78 Å². The van der Waals surface area contributed by atoms with Crippen LogP contribution >= 0.6 is 0 Å². The number of nitrogens with zero attached hydrogens (tertiary/aromatic N) is 1. The van der Waals surface area contributed by atoms with Crippen LogP contribution in [-0.4, -0.2) is 35.7 Å². The molecule has 1 atom stereocenters. The van der Waals surface area contributed by atoms with E-state index in [0.29, 0.717) is 19.4 Å². The number of carbonyl (C=O) groups excluding carboxylic acids is 2. The average Bonchev–Trinajstić information content (AvgIpc) is 3.12. The largest absolute Gasteiger partial charge is 0.341 e. The number of benzene rings is 1. The fourth-order valence-corrected chi connectivity index (χ4v) is 3.28. The molecule has 2 aliphatic rings. The van der Waals surface area contributed by atoms with Crippen molar-refractivity contribution in [1.29, 1.82) is 0 Å². The van der Waals surface area contributed by atoms with Gasteiger partial charge < -0.3 is 10.6 Å². The van der Waals surface area contributed by atoms with Gasteiger partial charge in [0.05, 0.1) is 0 Å². The number of aryl methyl sites for hydroxylation is 2. The van der Waals surface area contributed by atoms with Crippen molar-refractivity contribution in [2.24, 2.45) is 5.73 Å². The number of likely N-dealkylation sites (tertiary alicyclic amines) is 1. The summed E-state index contributed by atoms with van der Waals surface area (Å²) in [5, 5.41) is 0. The highest BCUT2D eigenvalue weighted by atomic mass is 16.2. The van der Waals surface area contributed by atoms with E-state index in [1.165, 1.54) is 17.5 Å². The molecule has 0 saturated carbocycles. The SMILES string of the molecule is N[C@@H]1CCN(C(=O)CCC(=O)c2ccc3c(c2)CCC3)C1. The van der Waals surface area contributed by atoms with Crippen molar-refractivity contribution in [1.82, 2.24) is 4.90 Å². The highest BCUT2D eigenvalue weighted by Gasteiger charge is 2.24. The van der Waals surface area contributed by atoms with E-state index >= 15 is 0 Å². The van der Waals surface area contributed by atoms with Gasteiger partial charge in [-0.2, -0.15) is 0 Å². The molecular formula is C17H22N2O2. The summed E-state index contributed by atoms with van der Waals surface area (Å²) < 4.78 is 0. The first-order valence-corrected chi connectivity index (χ1v) is 7.82. The molecule has 0 aromatic heterocycles. The molecular weight excluding hydrogens is 264 g/mol. The summed E-state index contributed by atoms with van der Waals surface area (Å²) in [6.45, 7) is 1.36. The molecule has 4 heteroatoms. The lowest BCUT2D eigenvalue weighted by molar-refractivity contribution is -0.130. The van der Waals surface area contributed by atoms with Crippen LogP contribution in [0.2, 0.25) is 0 Å². The van der Waals surface area contributed by atoms with E-state index in [9.17, 15) is 9.59 Å². The van der Waals surface area contributed by atoms with Gasteiger partial charge in [-0.15, -0.1) is 0 Å². The first kappa shape index (κ1) is 14.3. The van der Waals surface area contributed by atoms with E-state index in [1.54, 1.807) is 4.90 Å². The molecule has 2 N–H and O–H groups in total. The lowest BCUT2D eigenvalue weighted by atomic mass is 10.0. The molecule has 1 fully saturated rings. The Morgan fingerprint density at radius 2 is 2.00 bits per heavy atom. The first-order chi connectivity index (χ1) is 10.1. The number of amides is 1. The third-order valence-electron chi connectivity index (χ3n) is 4.56. The second kappa shape index (κ2) is 5.98. The fourth-order valence-electron chi connectivity index (χ4n) is 3.28. The third kappa shape index (κ3) is 3.16. The van der Waals surface area contributed by atoms with Gasteiger partial charge >= 0.3 is 0 Å². The van der Waals surface area contributed by atoms with Crippen LogP contribution in [0.1, 0.15) is 47.2 Å². The Kier molecular flexibility index (Phi) is 4.06. The quantitative estimate of drug-likeness (QED) is 0.857. The highest BCUT2D eigenvalue weighted by Crippen LogP contribution is 2.23. The summed E-state index contributed by atoms with van der Waals surface area (Å²) in [6, 6.07) is 6.09. The number of nitrogens with two attached hydrogens (primary N) is 1. The van der Waals surface area contributed by atoms with Gasteiger partial charge in [0, 0.05) is 37.5 Å². The van der Waals surface area contributed by atoms with E-state index in [1.807, 2.05) is 12.1 Å². The van der Waals surface area contributed by atoms with E-state index < -0.39 is 0 Å². The Labute approximate surface area is 125 Å². The van der Waals surface area contributed by atoms with Crippen molar-refractivity contribution in [2.45, 2.75) is 44.6 Å². The van der Waals surface area contributed by atoms with Crippen LogP contribution in [0.4, 0.5) is 0 Å². The average molecular weight is 286 g/mol. The number of hydrogen-bond acceptors (Lipinski definition) is 3. The second-order valence-corrected chi connectivity index (χ2v) is 6.15. The molecule has 21 heavy (non-hydrogen) atoms. The Balaban J connectivity index is 1.55. The molecule has 1 heterocycles. The molecule has 0 radical (unpaired) electrons. The molecule has 112 valence electrons. The summed E-state index contributed by atoms with van der Waals surface area (Å²) in [4.78, 5) is 26.0. The number of ketones is 1. The molecule has 1 aromatic rings. The zero-order valence-electron chi connectivity index (χ0n) is 12.3. The monoisotopic (exact) mass is 286 g/mol. The zero-order valence-corrected chi connectivity index (χ0v) is 12.3. The summed E-state index contributed by atoms with van der Waals surface area (Å²) in [5.41, 5.74) is 9.23. The lowest BCUT2D eigenvalue weighted by Crippen LogP contribution is -2.32. The standard InChI is InChI=1S/C17H22N2O2/c18-15-8-9-19(11-15)17(21)7-6-16(20)14-5-4-12-2-1-3-13(12)10-14/h4-5,10,15H,1-3,6-9,11,18H2/t15-/m1/s1.